The largest absolute Gasteiger partial charge is 0.315 e. The van der Waals surface area contributed by atoms with Crippen LogP contribution in [0.1, 0.15) is 32.8 Å². The van der Waals surface area contributed by atoms with Gasteiger partial charge in [-0.25, -0.2) is 0 Å². The number of anilines is 1. The van der Waals surface area contributed by atoms with E-state index in [1.807, 2.05) is 24.4 Å². The second-order valence-electron chi connectivity index (χ2n) is 5.19. The molecule has 1 aromatic carbocycles. The third kappa shape index (κ3) is 2.39. The maximum atomic E-state index is 12.6. The van der Waals surface area contributed by atoms with Gasteiger partial charge in [-0.15, -0.1) is 11.3 Å². The van der Waals surface area contributed by atoms with Gasteiger partial charge in [-0.1, -0.05) is 11.6 Å². The number of fused-ring (bicyclic) bond motifs is 1. The maximum Gasteiger partial charge on any atom is 0.227 e. The molecular weight excluding hydrogens is 306 g/mol. The summed E-state index contributed by atoms with van der Waals surface area (Å²) in [5, 5.41) is 2.43. The van der Waals surface area contributed by atoms with Gasteiger partial charge in [0.25, 0.3) is 0 Å². The van der Waals surface area contributed by atoms with E-state index in [1.54, 1.807) is 18.0 Å². The van der Waals surface area contributed by atoms with Crippen molar-refractivity contribution in [2.75, 3.05) is 11.9 Å². The first-order chi connectivity index (χ1) is 9.99. The van der Waals surface area contributed by atoms with Crippen molar-refractivity contribution in [3.05, 3.63) is 50.2 Å². The Morgan fingerprint density at radius 3 is 2.76 bits per heavy atom. The molecule has 0 bridgehead atoms. The van der Waals surface area contributed by atoms with Gasteiger partial charge in [0.05, 0.1) is 9.90 Å². The van der Waals surface area contributed by atoms with Crippen LogP contribution in [0.5, 0.6) is 0 Å². The fourth-order valence-corrected chi connectivity index (χ4v) is 3.75. The van der Waals surface area contributed by atoms with Crippen LogP contribution in [0.15, 0.2) is 23.6 Å². The van der Waals surface area contributed by atoms with Crippen LogP contribution in [0.2, 0.25) is 5.02 Å². The van der Waals surface area contributed by atoms with Crippen LogP contribution in [0.25, 0.3) is 0 Å². The quantitative estimate of drug-likeness (QED) is 0.788. The van der Waals surface area contributed by atoms with Gasteiger partial charge in [0.2, 0.25) is 11.7 Å². The van der Waals surface area contributed by atoms with Crippen molar-refractivity contribution in [3.8, 4) is 0 Å². The molecule has 1 amide bonds. The summed E-state index contributed by atoms with van der Waals surface area (Å²) in [5.74, 6) is 0.0546. The van der Waals surface area contributed by atoms with Crippen molar-refractivity contribution in [3.63, 3.8) is 0 Å². The van der Waals surface area contributed by atoms with Crippen LogP contribution in [0, 0.1) is 6.92 Å². The number of nitrogens with zero attached hydrogens (tertiary/aromatic N) is 1. The number of hydrogen-bond donors (Lipinski definition) is 0. The number of carbonyl (C=O) groups excluding carboxylic acids is 2. The molecule has 1 aliphatic rings. The summed E-state index contributed by atoms with van der Waals surface area (Å²) in [6.45, 7) is 1.89. The Balaban J connectivity index is 2.00. The minimum Gasteiger partial charge on any atom is -0.315 e. The molecule has 0 unspecified atom stereocenters. The van der Waals surface area contributed by atoms with Crippen molar-refractivity contribution in [1.82, 2.24) is 0 Å². The lowest BCUT2D eigenvalue weighted by atomic mass is 9.97. The summed E-state index contributed by atoms with van der Waals surface area (Å²) in [6.07, 6.45) is 1.16. The normalized spacial score (nSPS) is 14.2. The van der Waals surface area contributed by atoms with Gasteiger partial charge in [0.1, 0.15) is 0 Å². The summed E-state index contributed by atoms with van der Waals surface area (Å²) in [7, 11) is 1.77. The zero-order valence-corrected chi connectivity index (χ0v) is 13.3. The monoisotopic (exact) mass is 319 g/mol. The predicted molar refractivity (Wildman–Crippen MR) is 85.7 cm³/mol. The van der Waals surface area contributed by atoms with Crippen molar-refractivity contribution < 1.29 is 9.59 Å². The molecule has 108 valence electrons. The number of aryl methyl sites for hydroxylation is 2. The standard InChI is InChI=1S/C16H14ClNO2S/c1-9-8-21-16(14(9)17)15(20)11-3-5-12-10(7-11)4-6-13(19)18(12)2/h3,5,7-8H,4,6H2,1-2H3. The third-order valence-electron chi connectivity index (χ3n) is 3.79. The highest BCUT2D eigenvalue weighted by Crippen LogP contribution is 2.32. The highest BCUT2D eigenvalue weighted by Gasteiger charge is 2.23. The number of halogens is 1. The van der Waals surface area contributed by atoms with E-state index in [-0.39, 0.29) is 11.7 Å². The van der Waals surface area contributed by atoms with Gasteiger partial charge in [0.15, 0.2) is 0 Å². The van der Waals surface area contributed by atoms with E-state index in [1.165, 1.54) is 11.3 Å². The van der Waals surface area contributed by atoms with Gasteiger partial charge in [-0.2, -0.15) is 0 Å². The number of rotatable bonds is 2. The van der Waals surface area contributed by atoms with Crippen LogP contribution in [0.4, 0.5) is 5.69 Å². The van der Waals surface area contributed by atoms with Crippen LogP contribution in [0.3, 0.4) is 0 Å². The molecule has 1 aromatic heterocycles. The Bertz CT molecular complexity index is 751. The maximum absolute atomic E-state index is 12.6. The first-order valence-electron chi connectivity index (χ1n) is 6.67. The molecule has 1 aliphatic heterocycles. The van der Waals surface area contributed by atoms with E-state index in [0.29, 0.717) is 28.3 Å². The number of ketones is 1. The van der Waals surface area contributed by atoms with Crippen LogP contribution < -0.4 is 4.90 Å². The third-order valence-corrected chi connectivity index (χ3v) is 5.49. The second kappa shape index (κ2) is 5.28. The molecule has 0 fully saturated rings. The number of benzene rings is 1. The summed E-state index contributed by atoms with van der Waals surface area (Å²) in [6, 6.07) is 5.49. The molecule has 0 radical (unpaired) electrons. The summed E-state index contributed by atoms with van der Waals surface area (Å²) >= 11 is 7.55. The first kappa shape index (κ1) is 14.3. The molecule has 3 rings (SSSR count). The zero-order valence-electron chi connectivity index (χ0n) is 11.8. The molecule has 0 saturated carbocycles. The van der Waals surface area contributed by atoms with Crippen LogP contribution in [-0.4, -0.2) is 18.7 Å². The van der Waals surface area contributed by atoms with Gasteiger partial charge < -0.3 is 4.90 Å². The minimum atomic E-state index is -0.0551. The first-order valence-corrected chi connectivity index (χ1v) is 7.92. The highest BCUT2D eigenvalue weighted by molar-refractivity contribution is 7.13. The molecule has 0 aliphatic carbocycles. The molecule has 0 saturated heterocycles. The van der Waals surface area contributed by atoms with E-state index in [2.05, 4.69) is 0 Å². The number of amides is 1. The van der Waals surface area contributed by atoms with Crippen molar-refractivity contribution in [1.29, 1.82) is 0 Å². The lowest BCUT2D eigenvalue weighted by Crippen LogP contribution is -2.31. The van der Waals surface area contributed by atoms with Crippen molar-refractivity contribution in [2.45, 2.75) is 19.8 Å². The highest BCUT2D eigenvalue weighted by atomic mass is 35.5. The molecule has 0 spiro atoms. The van der Waals surface area contributed by atoms with Crippen molar-refractivity contribution >= 4 is 40.3 Å². The fourth-order valence-electron chi connectivity index (χ4n) is 2.51. The van der Waals surface area contributed by atoms with Crippen molar-refractivity contribution in [2.24, 2.45) is 0 Å². The van der Waals surface area contributed by atoms with E-state index in [9.17, 15) is 9.59 Å². The second-order valence-corrected chi connectivity index (χ2v) is 6.44. The Morgan fingerprint density at radius 1 is 1.33 bits per heavy atom. The van der Waals surface area contributed by atoms with E-state index in [0.717, 1.165) is 16.8 Å². The molecule has 21 heavy (non-hydrogen) atoms. The molecule has 2 heterocycles. The number of thiophene rings is 1. The summed E-state index contributed by atoms with van der Waals surface area (Å²) < 4.78 is 0. The molecular formula is C16H14ClNO2S. The Kier molecular flexibility index (Phi) is 3.59. The lowest BCUT2D eigenvalue weighted by molar-refractivity contribution is -0.118. The Labute approximate surface area is 132 Å². The Hall–Kier alpha value is -1.65. The molecule has 3 nitrogen and oxygen atoms in total. The van der Waals surface area contributed by atoms with Crippen LogP contribution >= 0.6 is 22.9 Å². The summed E-state index contributed by atoms with van der Waals surface area (Å²) in [5.41, 5.74) is 3.47. The number of hydrogen-bond acceptors (Lipinski definition) is 3. The van der Waals surface area contributed by atoms with Gasteiger partial charge >= 0.3 is 0 Å². The summed E-state index contributed by atoms with van der Waals surface area (Å²) in [4.78, 5) is 26.5. The van der Waals surface area contributed by atoms with Crippen LogP contribution in [-0.2, 0) is 11.2 Å². The molecule has 0 atom stereocenters. The van der Waals surface area contributed by atoms with Gasteiger partial charge in [-0.3, -0.25) is 9.59 Å². The lowest BCUT2D eigenvalue weighted by Gasteiger charge is -2.25. The van der Waals surface area contributed by atoms with E-state index >= 15 is 0 Å². The van der Waals surface area contributed by atoms with Gasteiger partial charge in [0, 0.05) is 24.7 Å². The van der Waals surface area contributed by atoms with E-state index in [4.69, 9.17) is 11.6 Å². The van der Waals surface area contributed by atoms with E-state index < -0.39 is 0 Å². The zero-order chi connectivity index (χ0) is 15.1. The molecule has 0 N–H and O–H groups in total. The molecule has 2 aromatic rings. The number of carbonyl (C=O) groups is 2. The fraction of sp³-hybridized carbons (Fsp3) is 0.250. The predicted octanol–water partition coefficient (Wildman–Crippen LogP) is 3.85. The average molecular weight is 320 g/mol. The average Bonchev–Trinajstić information content (AvgIpc) is 2.82. The molecule has 5 heteroatoms. The topological polar surface area (TPSA) is 37.4 Å². The van der Waals surface area contributed by atoms with Gasteiger partial charge in [-0.05, 0) is 48.1 Å². The SMILES string of the molecule is Cc1csc(C(=O)c2ccc3c(c2)CCC(=O)N3C)c1Cl. The smallest absolute Gasteiger partial charge is 0.227 e. The minimum absolute atomic E-state index is 0.0551. The Morgan fingerprint density at radius 2 is 2.10 bits per heavy atom.